The Hall–Kier alpha value is -1.86. The van der Waals surface area contributed by atoms with Gasteiger partial charge in [0.15, 0.2) is 37.2 Å². The Morgan fingerprint density at radius 3 is 1.70 bits per heavy atom. The smallest absolute Gasteiger partial charge is 0.389 e. The van der Waals surface area contributed by atoms with Gasteiger partial charge in [0, 0.05) is 6.42 Å². The Morgan fingerprint density at radius 1 is 0.619 bits per heavy atom. The summed E-state index contributed by atoms with van der Waals surface area (Å²) >= 11 is 0. The SMILES string of the molecule is CC(C)=CC(=O)CC(C)(O)C1CCC2C3CC(OC4OC(C)C(O)C(OC5OCC(OC6OC(C)C(O)C(O)C6OC6OC(C)C(O)C(O)C6O)C(O)C5OC5OC(C)C(O)C(O)C5O)C4O)C4CC(OS(=O)(=O)O)CCC4(C)C3=CCC21C. The lowest BCUT2D eigenvalue weighted by molar-refractivity contribution is -0.397. The maximum absolute atomic E-state index is 13.1. The fourth-order valence-corrected chi connectivity index (χ4v) is 16.0. The second kappa shape index (κ2) is 25.4. The Labute approximate surface area is 488 Å². The molecule has 0 aromatic rings. The predicted octanol–water partition coefficient (Wildman–Crippen LogP) is -1.73. The molecule has 0 aromatic heterocycles. The lowest BCUT2D eigenvalue weighted by atomic mass is 9.47. The van der Waals surface area contributed by atoms with Crippen LogP contribution in [0.15, 0.2) is 23.3 Å². The van der Waals surface area contributed by atoms with Gasteiger partial charge in [-0.1, -0.05) is 31.1 Å². The lowest BCUT2D eigenvalue weighted by Gasteiger charge is -2.60. The van der Waals surface area contributed by atoms with E-state index in [0.29, 0.717) is 32.1 Å². The zero-order chi connectivity index (χ0) is 61.6. The number of aliphatic hydroxyl groups is 12. The summed E-state index contributed by atoms with van der Waals surface area (Å²) in [6, 6.07) is 0. The number of ketones is 1. The van der Waals surface area contributed by atoms with Crippen molar-refractivity contribution in [3.05, 3.63) is 23.3 Å². The first-order valence-corrected chi connectivity index (χ1v) is 30.8. The molecule has 482 valence electrons. The molecular weight excluding hydrogens is 1140 g/mol. The van der Waals surface area contributed by atoms with E-state index in [1.807, 2.05) is 13.8 Å². The van der Waals surface area contributed by atoms with Crippen molar-refractivity contribution in [2.75, 3.05) is 6.61 Å². The van der Waals surface area contributed by atoms with Gasteiger partial charge in [-0.3, -0.25) is 9.35 Å². The number of fused-ring (bicyclic) bond motifs is 5. The number of ether oxygens (including phenoxy) is 10. The third kappa shape index (κ3) is 13.0. The molecule has 3 saturated carbocycles. The minimum absolute atomic E-state index is 0.00865. The van der Waals surface area contributed by atoms with E-state index in [0.717, 1.165) is 11.1 Å². The van der Waals surface area contributed by atoms with Crippen molar-refractivity contribution < 1.29 is 131 Å². The molecule has 0 spiro atoms. The van der Waals surface area contributed by atoms with Crippen molar-refractivity contribution in [1.82, 2.24) is 0 Å². The first-order valence-electron chi connectivity index (χ1n) is 29.4. The number of carbonyl (C=O) groups is 1. The standard InChI is InChI=1S/C56H90O27S/c1-21(2)16-26(57)19-56(9,69)34-11-10-29-28-18-32(31-17-27(83-84(70,71)72)12-14-54(31,7)30(28)13-15-55(29,34)8)78-51-45(68)46(38(61)25(6)76-51)80-52-47(81-49-43(66)40(63)35(58)22(3)74-49)39(62)33(20-73-52)79-53-48(42(65)37(60)24(5)77-53)82-50-44(67)41(64)36(59)23(4)75-50/h13,16,22-25,27-29,31-53,58-69H,10-12,14-15,17-20H2,1-9H3,(H,70,71,72). The third-order valence-electron chi connectivity index (χ3n) is 20.0. The van der Waals surface area contributed by atoms with Crippen LogP contribution in [0.1, 0.15) is 114 Å². The van der Waals surface area contributed by atoms with Crippen LogP contribution in [0.25, 0.3) is 0 Å². The van der Waals surface area contributed by atoms with E-state index in [4.69, 9.17) is 51.6 Å². The quantitative estimate of drug-likeness (QED) is 0.0464. The van der Waals surface area contributed by atoms with E-state index in [9.17, 15) is 79.0 Å². The number of rotatable bonds is 16. The highest BCUT2D eigenvalue weighted by atomic mass is 32.3. The number of hydrogen-bond acceptors (Lipinski definition) is 26. The summed E-state index contributed by atoms with van der Waals surface area (Å²) < 4.78 is 101. The molecule has 8 fully saturated rings. The maximum Gasteiger partial charge on any atom is 0.397 e. The topological polar surface area (TPSA) is 416 Å². The first kappa shape index (κ1) is 66.6. The van der Waals surface area contributed by atoms with Crippen LogP contribution in [0.2, 0.25) is 0 Å². The highest BCUT2D eigenvalue weighted by molar-refractivity contribution is 7.80. The molecule has 33 unspecified atom stereocenters. The summed E-state index contributed by atoms with van der Waals surface area (Å²) in [4.78, 5) is 13.1. The second-order valence-electron chi connectivity index (χ2n) is 26.2. The van der Waals surface area contributed by atoms with Gasteiger partial charge in [0.1, 0.15) is 91.6 Å². The average molecular weight is 1230 g/mol. The van der Waals surface area contributed by atoms with E-state index in [1.165, 1.54) is 33.8 Å². The Kier molecular flexibility index (Phi) is 20.2. The molecule has 5 heterocycles. The molecule has 5 aliphatic heterocycles. The Balaban J connectivity index is 0.980. The zero-order valence-corrected chi connectivity index (χ0v) is 49.6. The van der Waals surface area contributed by atoms with E-state index in [1.54, 1.807) is 6.92 Å². The van der Waals surface area contributed by atoms with Crippen molar-refractivity contribution in [3.8, 4) is 0 Å². The lowest BCUT2D eigenvalue weighted by Crippen LogP contribution is -2.66. The molecule has 4 aliphatic carbocycles. The summed E-state index contributed by atoms with van der Waals surface area (Å²) in [5, 5.41) is 135. The number of aliphatic hydroxyl groups excluding tert-OH is 11. The van der Waals surface area contributed by atoms with Crippen molar-refractivity contribution >= 4 is 16.2 Å². The van der Waals surface area contributed by atoms with Gasteiger partial charge in [0.2, 0.25) is 0 Å². The largest absolute Gasteiger partial charge is 0.397 e. The molecule has 28 heteroatoms. The van der Waals surface area contributed by atoms with Crippen LogP contribution in [0.3, 0.4) is 0 Å². The molecule has 33 atom stereocenters. The van der Waals surface area contributed by atoms with E-state index < -0.39 is 199 Å². The third-order valence-corrected chi connectivity index (χ3v) is 20.6. The summed E-state index contributed by atoms with van der Waals surface area (Å²) in [6.07, 6.45) is -34.3. The molecule has 0 radical (unpaired) electrons. The van der Waals surface area contributed by atoms with Crippen molar-refractivity contribution in [1.29, 1.82) is 0 Å². The Morgan fingerprint density at radius 2 is 1.13 bits per heavy atom. The van der Waals surface area contributed by atoms with Gasteiger partial charge >= 0.3 is 10.4 Å². The van der Waals surface area contributed by atoms with Gasteiger partial charge in [-0.25, -0.2) is 4.18 Å². The molecule has 27 nitrogen and oxygen atoms in total. The van der Waals surface area contributed by atoms with Gasteiger partial charge in [0.05, 0.1) is 48.8 Å². The maximum atomic E-state index is 13.1. The molecule has 13 N–H and O–H groups in total. The minimum atomic E-state index is -4.88. The van der Waals surface area contributed by atoms with Gasteiger partial charge < -0.3 is 109 Å². The van der Waals surface area contributed by atoms with Crippen LogP contribution in [-0.2, 0) is 66.7 Å². The highest BCUT2D eigenvalue weighted by Crippen LogP contribution is 2.67. The summed E-state index contributed by atoms with van der Waals surface area (Å²) in [6.45, 7) is 14.7. The highest BCUT2D eigenvalue weighted by Gasteiger charge is 2.64. The number of hydrogen-bond donors (Lipinski definition) is 13. The van der Waals surface area contributed by atoms with Crippen molar-refractivity contribution in [2.24, 2.45) is 34.5 Å². The normalized spacial score (nSPS) is 51.6. The van der Waals surface area contributed by atoms with Gasteiger partial charge in [-0.05, 0) is 134 Å². The summed E-state index contributed by atoms with van der Waals surface area (Å²) in [5.41, 5.74) is -0.475. The average Bonchev–Trinajstić information content (AvgIpc) is 1.36. The Bertz CT molecular complexity index is 2460. The van der Waals surface area contributed by atoms with Crippen LogP contribution in [0.5, 0.6) is 0 Å². The van der Waals surface area contributed by atoms with Gasteiger partial charge in [-0.2, -0.15) is 8.42 Å². The van der Waals surface area contributed by atoms with Crippen LogP contribution >= 0.6 is 0 Å². The zero-order valence-electron chi connectivity index (χ0n) is 48.8. The van der Waals surface area contributed by atoms with E-state index in [-0.39, 0.29) is 42.8 Å². The van der Waals surface area contributed by atoms with Gasteiger partial charge in [-0.15, -0.1) is 0 Å². The van der Waals surface area contributed by atoms with Gasteiger partial charge in [0.25, 0.3) is 0 Å². The van der Waals surface area contributed by atoms with E-state index in [2.05, 4.69) is 19.9 Å². The molecule has 0 aromatic carbocycles. The second-order valence-corrected chi connectivity index (χ2v) is 27.2. The van der Waals surface area contributed by atoms with Crippen molar-refractivity contribution in [2.45, 2.75) is 279 Å². The summed E-state index contributed by atoms with van der Waals surface area (Å²) in [5.74, 6) is -1.09. The van der Waals surface area contributed by atoms with Crippen LogP contribution in [0.4, 0.5) is 0 Å². The first-order chi connectivity index (χ1) is 39.1. The fourth-order valence-electron chi connectivity index (χ4n) is 15.5. The molecule has 9 rings (SSSR count). The predicted molar refractivity (Wildman–Crippen MR) is 284 cm³/mol. The molecule has 0 amide bonds. The van der Waals surface area contributed by atoms with Crippen LogP contribution in [-0.4, -0.2) is 252 Å². The van der Waals surface area contributed by atoms with E-state index >= 15 is 0 Å². The molecular formula is C56H90O27S. The molecule has 5 saturated heterocycles. The van der Waals surface area contributed by atoms with Crippen LogP contribution in [0, 0.1) is 34.5 Å². The minimum Gasteiger partial charge on any atom is -0.389 e. The fraction of sp³-hybridized carbons (Fsp3) is 0.911. The van der Waals surface area contributed by atoms with Crippen LogP contribution < -0.4 is 0 Å². The molecule has 84 heavy (non-hydrogen) atoms. The molecule has 0 bridgehead atoms. The van der Waals surface area contributed by atoms with Crippen molar-refractivity contribution in [3.63, 3.8) is 0 Å². The molecule has 9 aliphatic rings. The monoisotopic (exact) mass is 1230 g/mol. The summed E-state index contributed by atoms with van der Waals surface area (Å²) in [7, 11) is -4.88. The number of carbonyl (C=O) groups excluding carboxylic acids is 1. The number of allylic oxidation sites excluding steroid dienone is 4.